The lowest BCUT2D eigenvalue weighted by Gasteiger charge is -2.17. The third-order valence-electron chi connectivity index (χ3n) is 2.81. The van der Waals surface area contributed by atoms with Gasteiger partial charge in [0.1, 0.15) is 10.8 Å². The molecule has 1 amide bonds. The minimum absolute atomic E-state index is 0.138. The highest BCUT2D eigenvalue weighted by Crippen LogP contribution is 2.12. The molecule has 0 unspecified atom stereocenters. The molecule has 0 heterocycles. The minimum atomic E-state index is -0.346. The van der Waals surface area contributed by atoms with E-state index in [-0.39, 0.29) is 23.3 Å². The summed E-state index contributed by atoms with van der Waals surface area (Å²) in [6.45, 7) is 1.37. The van der Waals surface area contributed by atoms with Crippen LogP contribution in [0, 0.1) is 5.82 Å². The zero-order valence-electron chi connectivity index (χ0n) is 12.2. The van der Waals surface area contributed by atoms with Crippen molar-refractivity contribution in [1.29, 1.82) is 0 Å². The van der Waals surface area contributed by atoms with Gasteiger partial charge in [-0.2, -0.15) is 0 Å². The third-order valence-corrected chi connectivity index (χ3v) is 3.05. The Morgan fingerprint density at radius 3 is 2.86 bits per heavy atom. The van der Waals surface area contributed by atoms with Crippen LogP contribution in [0.15, 0.2) is 18.2 Å². The summed E-state index contributed by atoms with van der Waals surface area (Å²) in [6, 6.07) is 4.48. The number of hydrogen-bond acceptors (Lipinski definition) is 4. The summed E-state index contributed by atoms with van der Waals surface area (Å²) in [4.78, 5) is 13.6. The van der Waals surface area contributed by atoms with Gasteiger partial charge in [-0.15, -0.1) is 0 Å². The van der Waals surface area contributed by atoms with Crippen molar-refractivity contribution in [2.24, 2.45) is 5.73 Å². The van der Waals surface area contributed by atoms with E-state index in [9.17, 15) is 9.18 Å². The molecular formula is C14H20FN3O2S. The second-order valence-corrected chi connectivity index (χ2v) is 5.13. The topological polar surface area (TPSA) is 67.6 Å². The van der Waals surface area contributed by atoms with Gasteiger partial charge in [-0.3, -0.25) is 9.69 Å². The van der Waals surface area contributed by atoms with Crippen molar-refractivity contribution in [1.82, 2.24) is 10.2 Å². The summed E-state index contributed by atoms with van der Waals surface area (Å²) >= 11 is 4.87. The van der Waals surface area contributed by atoms with Crippen molar-refractivity contribution in [3.8, 4) is 0 Å². The molecule has 0 aliphatic rings. The van der Waals surface area contributed by atoms with Crippen molar-refractivity contribution in [2.75, 3.05) is 33.9 Å². The number of thiocarbonyl (C=S) groups is 1. The maximum Gasteiger partial charge on any atom is 0.234 e. The van der Waals surface area contributed by atoms with E-state index in [0.29, 0.717) is 30.8 Å². The van der Waals surface area contributed by atoms with E-state index in [4.69, 9.17) is 22.7 Å². The Morgan fingerprint density at radius 2 is 2.24 bits per heavy atom. The number of halogens is 1. The largest absolute Gasteiger partial charge is 0.389 e. The van der Waals surface area contributed by atoms with Crippen LogP contribution in [0.4, 0.5) is 4.39 Å². The summed E-state index contributed by atoms with van der Waals surface area (Å²) in [7, 11) is 3.30. The number of ether oxygens (including phenoxy) is 1. The van der Waals surface area contributed by atoms with Crippen LogP contribution in [0.25, 0.3) is 0 Å². The van der Waals surface area contributed by atoms with Gasteiger partial charge in [0.15, 0.2) is 0 Å². The monoisotopic (exact) mass is 313 g/mol. The number of nitrogens with one attached hydrogen (secondary N) is 1. The first-order valence-electron chi connectivity index (χ1n) is 6.46. The second kappa shape index (κ2) is 8.66. The van der Waals surface area contributed by atoms with Crippen LogP contribution < -0.4 is 11.1 Å². The molecule has 0 radical (unpaired) electrons. The van der Waals surface area contributed by atoms with Crippen molar-refractivity contribution >= 4 is 23.1 Å². The fourth-order valence-electron chi connectivity index (χ4n) is 1.79. The first-order chi connectivity index (χ1) is 9.93. The third kappa shape index (κ3) is 6.16. The van der Waals surface area contributed by atoms with E-state index in [1.165, 1.54) is 6.07 Å². The lowest BCUT2D eigenvalue weighted by atomic mass is 10.1. The summed E-state index contributed by atoms with van der Waals surface area (Å²) in [5.41, 5.74) is 6.59. The molecule has 0 saturated heterocycles. The average Bonchev–Trinajstić information content (AvgIpc) is 2.41. The molecule has 116 valence electrons. The normalized spacial score (nSPS) is 10.7. The van der Waals surface area contributed by atoms with E-state index < -0.39 is 0 Å². The Morgan fingerprint density at radius 1 is 1.52 bits per heavy atom. The van der Waals surface area contributed by atoms with Crippen LogP contribution in [0.3, 0.4) is 0 Å². The minimum Gasteiger partial charge on any atom is -0.389 e. The van der Waals surface area contributed by atoms with E-state index >= 15 is 0 Å². The van der Waals surface area contributed by atoms with Gasteiger partial charge in [-0.25, -0.2) is 4.39 Å². The van der Waals surface area contributed by atoms with Crippen LogP contribution in [0.1, 0.15) is 11.1 Å². The van der Waals surface area contributed by atoms with E-state index in [0.717, 1.165) is 0 Å². The fraction of sp³-hybridized carbons (Fsp3) is 0.429. The molecule has 7 heteroatoms. The highest BCUT2D eigenvalue weighted by molar-refractivity contribution is 7.80. The van der Waals surface area contributed by atoms with Gasteiger partial charge in [-0.1, -0.05) is 12.2 Å². The van der Waals surface area contributed by atoms with Crippen molar-refractivity contribution in [3.05, 3.63) is 35.1 Å². The Labute approximate surface area is 129 Å². The van der Waals surface area contributed by atoms with Gasteiger partial charge in [0.25, 0.3) is 0 Å². The molecule has 5 nitrogen and oxygen atoms in total. The van der Waals surface area contributed by atoms with Crippen LogP contribution in [-0.2, 0) is 16.1 Å². The molecule has 0 fully saturated rings. The molecule has 1 aromatic carbocycles. The fourth-order valence-corrected chi connectivity index (χ4v) is 1.92. The number of rotatable bonds is 8. The van der Waals surface area contributed by atoms with Gasteiger partial charge in [-0.05, 0) is 25.2 Å². The number of nitrogens with zero attached hydrogens (tertiary/aromatic N) is 1. The zero-order chi connectivity index (χ0) is 15.8. The van der Waals surface area contributed by atoms with Gasteiger partial charge in [0.2, 0.25) is 5.91 Å². The zero-order valence-corrected chi connectivity index (χ0v) is 13.0. The number of amides is 1. The van der Waals surface area contributed by atoms with Gasteiger partial charge in [0.05, 0.1) is 13.2 Å². The SMILES string of the molecule is COCCNC(=O)CN(C)Cc1cc(C(N)=S)ccc1F. The molecule has 1 rings (SSSR count). The standard InChI is InChI=1S/C14H20FN3O2S/c1-18(9-13(19)17-5-6-20-2)8-11-7-10(14(16)21)3-4-12(11)15/h3-4,7H,5-6,8-9H2,1-2H3,(H2,16,21)(H,17,19). The Balaban J connectivity index is 2.58. The Bertz CT molecular complexity index is 511. The molecule has 0 bridgehead atoms. The van der Waals surface area contributed by atoms with Crippen molar-refractivity contribution in [2.45, 2.75) is 6.54 Å². The number of carbonyl (C=O) groups excluding carboxylic acids is 1. The predicted molar refractivity (Wildman–Crippen MR) is 83.5 cm³/mol. The van der Waals surface area contributed by atoms with Crippen LogP contribution in [0.2, 0.25) is 0 Å². The molecule has 1 aromatic rings. The Hall–Kier alpha value is -1.57. The number of carbonyl (C=O) groups is 1. The molecule has 0 atom stereocenters. The predicted octanol–water partition coefficient (Wildman–Crippen LogP) is 0.654. The molecule has 3 N–H and O–H groups in total. The molecule has 21 heavy (non-hydrogen) atoms. The molecule has 0 spiro atoms. The van der Waals surface area contributed by atoms with Crippen LogP contribution >= 0.6 is 12.2 Å². The quantitative estimate of drug-likeness (QED) is 0.545. The highest BCUT2D eigenvalue weighted by Gasteiger charge is 2.11. The highest BCUT2D eigenvalue weighted by atomic mass is 32.1. The smallest absolute Gasteiger partial charge is 0.234 e. The molecule has 0 saturated carbocycles. The molecule has 0 aromatic heterocycles. The molecular weight excluding hydrogens is 293 g/mol. The molecule has 0 aliphatic carbocycles. The van der Waals surface area contributed by atoms with E-state index in [1.54, 1.807) is 31.2 Å². The Kier molecular flexibility index (Phi) is 7.21. The number of hydrogen-bond donors (Lipinski definition) is 2. The van der Waals surface area contributed by atoms with Gasteiger partial charge in [0, 0.05) is 31.3 Å². The second-order valence-electron chi connectivity index (χ2n) is 4.69. The number of methoxy groups -OCH3 is 1. The number of benzene rings is 1. The van der Waals surface area contributed by atoms with E-state index in [2.05, 4.69) is 5.32 Å². The first-order valence-corrected chi connectivity index (χ1v) is 6.87. The van der Waals surface area contributed by atoms with Gasteiger partial charge < -0.3 is 15.8 Å². The molecule has 0 aliphatic heterocycles. The summed E-state index contributed by atoms with van der Waals surface area (Å²) < 4.78 is 18.6. The number of nitrogens with two attached hydrogens (primary N) is 1. The van der Waals surface area contributed by atoms with Crippen LogP contribution in [0.5, 0.6) is 0 Å². The van der Waals surface area contributed by atoms with E-state index in [1.807, 2.05) is 0 Å². The van der Waals surface area contributed by atoms with Crippen LogP contribution in [-0.4, -0.2) is 49.6 Å². The number of likely N-dealkylation sites (N-methyl/N-ethyl adjacent to an activating group) is 1. The summed E-state index contributed by atoms with van der Waals surface area (Å²) in [5, 5.41) is 2.70. The maximum atomic E-state index is 13.8. The first kappa shape index (κ1) is 17.5. The average molecular weight is 313 g/mol. The summed E-state index contributed by atoms with van der Waals surface area (Å²) in [6.07, 6.45) is 0. The summed E-state index contributed by atoms with van der Waals surface area (Å²) in [5.74, 6) is -0.484. The lowest BCUT2D eigenvalue weighted by molar-refractivity contribution is -0.122. The van der Waals surface area contributed by atoms with Crippen molar-refractivity contribution < 1.29 is 13.9 Å². The maximum absolute atomic E-state index is 13.8. The van der Waals surface area contributed by atoms with Crippen molar-refractivity contribution in [3.63, 3.8) is 0 Å². The lowest BCUT2D eigenvalue weighted by Crippen LogP contribution is -2.36. The van der Waals surface area contributed by atoms with Gasteiger partial charge >= 0.3 is 0 Å².